The molecule has 0 aliphatic carbocycles. The summed E-state index contributed by atoms with van der Waals surface area (Å²) in [6.07, 6.45) is 4.45. The molecule has 0 spiro atoms. The van der Waals surface area contributed by atoms with Crippen molar-refractivity contribution in [2.24, 2.45) is 0 Å². The number of fused-ring (bicyclic) bond motifs is 1. The van der Waals surface area contributed by atoms with Crippen molar-refractivity contribution in [2.45, 2.75) is 31.3 Å². The quantitative estimate of drug-likeness (QED) is 0.858. The zero-order chi connectivity index (χ0) is 19.5. The fourth-order valence-corrected chi connectivity index (χ4v) is 4.23. The molecule has 1 amide bonds. The zero-order valence-corrected chi connectivity index (χ0v) is 16.1. The van der Waals surface area contributed by atoms with Crippen molar-refractivity contribution in [1.82, 2.24) is 14.8 Å². The van der Waals surface area contributed by atoms with E-state index in [0.29, 0.717) is 13.1 Å². The summed E-state index contributed by atoms with van der Waals surface area (Å²) in [6, 6.07) is 10.1. The lowest BCUT2D eigenvalue weighted by Gasteiger charge is -2.23. The molecular formula is C21H25N5O2. The van der Waals surface area contributed by atoms with Gasteiger partial charge in [-0.05, 0) is 43.5 Å². The summed E-state index contributed by atoms with van der Waals surface area (Å²) in [5, 5.41) is 13.8. The summed E-state index contributed by atoms with van der Waals surface area (Å²) in [7, 11) is 1.67. The first-order valence-corrected chi connectivity index (χ1v) is 9.79. The van der Waals surface area contributed by atoms with Crippen LogP contribution in [0.5, 0.6) is 5.75 Å². The van der Waals surface area contributed by atoms with E-state index in [1.807, 2.05) is 24.3 Å². The van der Waals surface area contributed by atoms with E-state index in [4.69, 9.17) is 4.74 Å². The lowest BCUT2D eigenvalue weighted by molar-refractivity contribution is -0.132. The van der Waals surface area contributed by atoms with E-state index in [9.17, 15) is 10.1 Å². The lowest BCUT2D eigenvalue weighted by Crippen LogP contribution is -2.42. The number of carbonyl (C=O) groups is 1. The van der Waals surface area contributed by atoms with Gasteiger partial charge in [-0.3, -0.25) is 14.7 Å². The van der Waals surface area contributed by atoms with E-state index in [1.54, 1.807) is 18.2 Å². The number of anilines is 1. The van der Waals surface area contributed by atoms with E-state index in [-0.39, 0.29) is 18.0 Å². The smallest absolute Gasteiger partial charge is 0.237 e. The van der Waals surface area contributed by atoms with Crippen LogP contribution < -0.4 is 10.1 Å². The number of rotatable bonds is 5. The van der Waals surface area contributed by atoms with Gasteiger partial charge >= 0.3 is 0 Å². The third-order valence-corrected chi connectivity index (χ3v) is 5.67. The van der Waals surface area contributed by atoms with Gasteiger partial charge in [-0.15, -0.1) is 0 Å². The summed E-state index contributed by atoms with van der Waals surface area (Å²) in [5.74, 6) is 0.862. The number of amides is 1. The summed E-state index contributed by atoms with van der Waals surface area (Å²) in [4.78, 5) is 20.9. The minimum atomic E-state index is -0.253. The van der Waals surface area contributed by atoms with Crippen molar-refractivity contribution < 1.29 is 9.53 Å². The maximum Gasteiger partial charge on any atom is 0.237 e. The van der Waals surface area contributed by atoms with Gasteiger partial charge in [0.25, 0.3) is 0 Å². The first kappa shape index (κ1) is 18.5. The third kappa shape index (κ3) is 3.60. The van der Waals surface area contributed by atoms with Crippen molar-refractivity contribution in [1.29, 1.82) is 5.26 Å². The normalized spacial score (nSPS) is 22.4. The number of likely N-dealkylation sites (tertiary alicyclic amines) is 2. The van der Waals surface area contributed by atoms with Crippen molar-refractivity contribution >= 4 is 22.5 Å². The molecule has 0 saturated carbocycles. The molecule has 2 saturated heterocycles. The van der Waals surface area contributed by atoms with Crippen LogP contribution in [0.25, 0.3) is 10.9 Å². The molecule has 0 unspecified atom stereocenters. The molecule has 1 N–H and O–H groups in total. The minimum Gasteiger partial charge on any atom is -0.495 e. The molecule has 1 aromatic carbocycles. The van der Waals surface area contributed by atoms with Crippen LogP contribution in [0.3, 0.4) is 0 Å². The number of hydrogen-bond acceptors (Lipinski definition) is 6. The number of ether oxygens (including phenoxy) is 1. The van der Waals surface area contributed by atoms with Gasteiger partial charge in [0.15, 0.2) is 0 Å². The predicted octanol–water partition coefficient (Wildman–Crippen LogP) is 2.24. The van der Waals surface area contributed by atoms with Crippen LogP contribution in [-0.2, 0) is 4.79 Å². The SMILES string of the molecule is COc1ccc2ncccc2c1N[C@H]1CCN(CC(=O)N2CCC[C@H]2C#N)C1. The van der Waals surface area contributed by atoms with Crippen molar-refractivity contribution in [3.05, 3.63) is 30.5 Å². The number of hydrogen-bond donors (Lipinski definition) is 1. The van der Waals surface area contributed by atoms with Crippen LogP contribution in [0.2, 0.25) is 0 Å². The highest BCUT2D eigenvalue weighted by molar-refractivity contribution is 5.94. The van der Waals surface area contributed by atoms with Gasteiger partial charge in [0.05, 0.1) is 30.9 Å². The van der Waals surface area contributed by atoms with E-state index in [1.165, 1.54) is 0 Å². The van der Waals surface area contributed by atoms with E-state index in [2.05, 4.69) is 21.3 Å². The second-order valence-corrected chi connectivity index (χ2v) is 7.45. The van der Waals surface area contributed by atoms with Crippen LogP contribution in [0.1, 0.15) is 19.3 Å². The Balaban J connectivity index is 1.42. The average molecular weight is 379 g/mol. The molecule has 1 aromatic heterocycles. The van der Waals surface area contributed by atoms with Gasteiger partial charge < -0.3 is 15.0 Å². The Morgan fingerprint density at radius 3 is 3.07 bits per heavy atom. The van der Waals surface area contributed by atoms with Gasteiger partial charge in [-0.1, -0.05) is 0 Å². The fourth-order valence-electron chi connectivity index (χ4n) is 4.23. The molecule has 2 aliphatic heterocycles. The highest BCUT2D eigenvalue weighted by Gasteiger charge is 2.31. The zero-order valence-electron chi connectivity index (χ0n) is 16.1. The van der Waals surface area contributed by atoms with Crippen LogP contribution in [0, 0.1) is 11.3 Å². The van der Waals surface area contributed by atoms with Gasteiger partial charge in [0.1, 0.15) is 11.8 Å². The topological polar surface area (TPSA) is 81.5 Å². The van der Waals surface area contributed by atoms with Gasteiger partial charge in [-0.2, -0.15) is 5.26 Å². The fraction of sp³-hybridized carbons (Fsp3) is 0.476. The largest absolute Gasteiger partial charge is 0.495 e. The Labute approximate surface area is 164 Å². The number of aromatic nitrogens is 1. The summed E-state index contributed by atoms with van der Waals surface area (Å²) < 4.78 is 5.55. The Bertz CT molecular complexity index is 909. The molecular weight excluding hydrogens is 354 g/mol. The van der Waals surface area contributed by atoms with Crippen LogP contribution in [-0.4, -0.2) is 66.1 Å². The number of methoxy groups -OCH3 is 1. The summed E-state index contributed by atoms with van der Waals surface area (Å²) in [5.41, 5.74) is 1.88. The molecule has 0 radical (unpaired) electrons. The first-order valence-electron chi connectivity index (χ1n) is 9.79. The molecule has 7 heteroatoms. The minimum absolute atomic E-state index is 0.0663. The van der Waals surface area contributed by atoms with E-state index >= 15 is 0 Å². The monoisotopic (exact) mass is 379 g/mol. The van der Waals surface area contributed by atoms with Crippen molar-refractivity contribution in [2.75, 3.05) is 38.6 Å². The standard InChI is InChI=1S/C21H25N5O2/c1-28-19-7-6-18-17(5-2-9-23-18)21(19)24-15-8-11-25(13-15)14-20(27)26-10-3-4-16(26)12-22/h2,5-7,9,15-16,24H,3-4,8,10-11,13-14H2,1H3/t15-,16-/m0/s1. The van der Waals surface area contributed by atoms with E-state index in [0.717, 1.165) is 54.7 Å². The van der Waals surface area contributed by atoms with Crippen LogP contribution in [0.15, 0.2) is 30.5 Å². The average Bonchev–Trinajstić information content (AvgIpc) is 3.37. The molecule has 7 nitrogen and oxygen atoms in total. The summed E-state index contributed by atoms with van der Waals surface area (Å²) in [6.45, 7) is 2.73. The van der Waals surface area contributed by atoms with Gasteiger partial charge in [-0.25, -0.2) is 0 Å². The highest BCUT2D eigenvalue weighted by atomic mass is 16.5. The number of nitrogens with one attached hydrogen (secondary N) is 1. The predicted molar refractivity (Wildman–Crippen MR) is 107 cm³/mol. The van der Waals surface area contributed by atoms with E-state index < -0.39 is 0 Å². The van der Waals surface area contributed by atoms with Gasteiger partial charge in [0, 0.05) is 37.3 Å². The van der Waals surface area contributed by atoms with Crippen LogP contribution in [0.4, 0.5) is 5.69 Å². The number of carbonyl (C=O) groups excluding carboxylic acids is 1. The molecule has 2 aromatic rings. The molecule has 28 heavy (non-hydrogen) atoms. The molecule has 146 valence electrons. The Morgan fingerprint density at radius 2 is 2.25 bits per heavy atom. The lowest BCUT2D eigenvalue weighted by atomic mass is 10.1. The molecule has 0 bridgehead atoms. The number of pyridine rings is 1. The van der Waals surface area contributed by atoms with Gasteiger partial charge in [0.2, 0.25) is 5.91 Å². The number of nitrogens with zero attached hydrogens (tertiary/aromatic N) is 4. The maximum atomic E-state index is 12.6. The molecule has 2 fully saturated rings. The maximum absolute atomic E-state index is 12.6. The molecule has 2 atom stereocenters. The van der Waals surface area contributed by atoms with Crippen molar-refractivity contribution in [3.63, 3.8) is 0 Å². The first-order chi connectivity index (χ1) is 13.7. The Hall–Kier alpha value is -2.85. The van der Waals surface area contributed by atoms with Crippen molar-refractivity contribution in [3.8, 4) is 11.8 Å². The second kappa shape index (κ2) is 8.03. The molecule has 3 heterocycles. The number of benzene rings is 1. The molecule has 4 rings (SSSR count). The Kier molecular flexibility index (Phi) is 5.31. The summed E-state index contributed by atoms with van der Waals surface area (Å²) >= 11 is 0. The number of nitriles is 1. The highest BCUT2D eigenvalue weighted by Crippen LogP contribution is 2.33. The third-order valence-electron chi connectivity index (χ3n) is 5.67. The van der Waals surface area contributed by atoms with Crippen LogP contribution >= 0.6 is 0 Å². The Morgan fingerprint density at radius 1 is 1.36 bits per heavy atom. The second-order valence-electron chi connectivity index (χ2n) is 7.45. The molecule has 2 aliphatic rings.